The lowest BCUT2D eigenvalue weighted by atomic mass is 10.1. The quantitative estimate of drug-likeness (QED) is 0.0443. The summed E-state index contributed by atoms with van der Waals surface area (Å²) in [5.41, 5.74) is 17.0. The van der Waals surface area contributed by atoms with Crippen LogP contribution in [0.25, 0.3) is 32.7 Å². The minimum Gasteiger partial charge on any atom is -0.496 e. The SMILES string of the molecule is CC#N.CC1=C(C)C(=O)N(Nc2cc(CN3CCN(C(=O)OC(C)(C)C)CC3)c3ccc(Br)cc3n2)C1=O.CC1=C(C)C(=O)N(Nc2cc(CN3CCNCC3)c3ccc(Br)cc3n2)C1=O.COc1ccccc1C(=O)N1CCN(Cc2cc(NN3C(=O)C(C)=C(C)C3=O)nc3cc(Br)ccc23)CC1.COc1ccccc1C(=O)O.ClCCl. The Morgan fingerprint density at radius 3 is 1.08 bits per heavy atom. The lowest BCUT2D eigenvalue weighted by Crippen LogP contribution is -2.49. The third kappa shape index (κ3) is 23.1. The second-order valence-corrected chi connectivity index (χ2v) is 32.3. The van der Waals surface area contributed by atoms with Crippen LogP contribution in [0.4, 0.5) is 22.2 Å². The van der Waals surface area contributed by atoms with Gasteiger partial charge in [-0.05, 0) is 158 Å². The number of nitrogens with zero attached hydrogens (tertiary/aromatic N) is 12. The molecule has 5 aromatic carbocycles. The molecule has 0 saturated carbocycles. The van der Waals surface area contributed by atoms with Gasteiger partial charge >= 0.3 is 12.1 Å². The summed E-state index contributed by atoms with van der Waals surface area (Å²) in [6, 6.07) is 39.0. The summed E-state index contributed by atoms with van der Waals surface area (Å²) >= 11 is 20.0. The number of aromatic nitrogens is 3. The van der Waals surface area contributed by atoms with Crippen molar-refractivity contribution < 1.29 is 62.5 Å². The maximum atomic E-state index is 13.1. The predicted molar refractivity (Wildman–Crippen MR) is 463 cm³/mol. The fraction of sp³-hybridized carbons (Fsp3) is 0.345. The molecule has 6 aliphatic rings. The van der Waals surface area contributed by atoms with E-state index in [0.717, 1.165) is 111 Å². The fourth-order valence-corrected chi connectivity index (χ4v) is 14.3. The molecule has 622 valence electrons. The zero-order chi connectivity index (χ0) is 86.0. The van der Waals surface area contributed by atoms with Gasteiger partial charge in [-0.3, -0.25) is 64.5 Å². The van der Waals surface area contributed by atoms with Gasteiger partial charge in [0.05, 0.1) is 47.7 Å². The van der Waals surface area contributed by atoms with E-state index in [1.54, 1.807) is 90.0 Å². The second kappa shape index (κ2) is 41.8. The average Bonchev–Trinajstić information content (AvgIpc) is 1.43. The zero-order valence-electron chi connectivity index (χ0n) is 67.5. The number of alkyl halides is 2. The topological polar surface area (TPSA) is 338 Å². The first-order valence-corrected chi connectivity index (χ1v) is 41.0. The molecule has 8 amide bonds. The van der Waals surface area contributed by atoms with E-state index in [9.17, 15) is 43.2 Å². The first-order valence-electron chi connectivity index (χ1n) is 37.5. The van der Waals surface area contributed by atoms with E-state index in [1.807, 2.05) is 105 Å². The Kier molecular flexibility index (Phi) is 32.4. The number of carbonyl (C=O) groups excluding carboxylic acids is 8. The highest BCUT2D eigenvalue weighted by atomic mass is 79.9. The molecule has 3 fully saturated rings. The summed E-state index contributed by atoms with van der Waals surface area (Å²) in [7, 11) is 3.01. The normalized spacial score (nSPS) is 16.0. The number of carboxylic acid groups (broad SMARTS) is 1. The number of piperazine rings is 3. The van der Waals surface area contributed by atoms with Crippen LogP contribution in [0.1, 0.15) is 107 Å². The Morgan fingerprint density at radius 2 is 0.780 bits per heavy atom. The number of para-hydroxylation sites is 2. The minimum absolute atomic E-state index is 0.0352. The lowest BCUT2D eigenvalue weighted by molar-refractivity contribution is -0.137. The zero-order valence-corrected chi connectivity index (χ0v) is 73.7. The van der Waals surface area contributed by atoms with Crippen molar-refractivity contribution in [3.05, 3.63) is 196 Å². The van der Waals surface area contributed by atoms with Crippen molar-refractivity contribution >= 4 is 175 Å². The van der Waals surface area contributed by atoms with Crippen molar-refractivity contribution in [1.82, 2.24) is 59.8 Å². The van der Waals surface area contributed by atoms with Crippen LogP contribution >= 0.6 is 71.0 Å². The average molecular weight is 1850 g/mol. The summed E-state index contributed by atoms with van der Waals surface area (Å²) in [6.07, 6.45) is -0.290. The minimum atomic E-state index is -0.970. The molecule has 0 radical (unpaired) electrons. The number of hydrazine groups is 3. The smallest absolute Gasteiger partial charge is 0.410 e. The lowest BCUT2D eigenvalue weighted by Gasteiger charge is -2.35. The highest BCUT2D eigenvalue weighted by molar-refractivity contribution is 9.11. The predicted octanol–water partition coefficient (Wildman–Crippen LogP) is 13.9. The van der Waals surface area contributed by atoms with E-state index in [1.165, 1.54) is 20.1 Å². The number of carboxylic acids is 1. The van der Waals surface area contributed by atoms with Gasteiger partial charge in [-0.2, -0.15) is 20.3 Å². The van der Waals surface area contributed by atoms with Crippen molar-refractivity contribution in [2.24, 2.45) is 0 Å². The molecular weight excluding hydrogens is 1750 g/mol. The molecule has 118 heavy (non-hydrogen) atoms. The molecule has 8 aromatic rings. The van der Waals surface area contributed by atoms with Crippen molar-refractivity contribution in [3.63, 3.8) is 0 Å². The summed E-state index contributed by atoms with van der Waals surface area (Å²) in [5.74, 6) is -0.875. The number of rotatable bonds is 16. The largest absolute Gasteiger partial charge is 0.496 e. The van der Waals surface area contributed by atoms with E-state index in [4.69, 9.17) is 47.8 Å². The van der Waals surface area contributed by atoms with Gasteiger partial charge in [0.2, 0.25) is 0 Å². The Hall–Kier alpha value is -10.5. The molecular formula is C84H93Br3Cl2N16O13. The molecule has 5 N–H and O–H groups in total. The van der Waals surface area contributed by atoms with Crippen molar-refractivity contribution in [3.8, 4) is 17.6 Å². The van der Waals surface area contributed by atoms with Crippen LogP contribution in [0.5, 0.6) is 11.5 Å². The number of methoxy groups -OCH3 is 2. The summed E-state index contributed by atoms with van der Waals surface area (Å²) < 4.78 is 18.4. The molecule has 9 heterocycles. The Balaban J connectivity index is 0.000000185. The van der Waals surface area contributed by atoms with Gasteiger partial charge in [-0.25, -0.2) is 24.5 Å². The number of anilines is 3. The number of halogens is 5. The molecule has 3 saturated heterocycles. The molecule has 0 bridgehead atoms. The molecule has 34 heteroatoms. The van der Waals surface area contributed by atoms with Gasteiger partial charge in [0, 0.05) is 168 Å². The number of pyridine rings is 3. The second-order valence-electron chi connectivity index (χ2n) is 28.8. The molecule has 14 rings (SSSR count). The molecule has 29 nitrogen and oxygen atoms in total. The summed E-state index contributed by atoms with van der Waals surface area (Å²) in [5, 5.41) is 25.6. The third-order valence-corrected chi connectivity index (χ3v) is 21.3. The molecule has 0 atom stereocenters. The van der Waals surface area contributed by atoms with Gasteiger partial charge in [-0.15, -0.1) is 23.2 Å². The Morgan fingerprint density at radius 1 is 0.483 bits per heavy atom. The van der Waals surface area contributed by atoms with Crippen LogP contribution in [0, 0.1) is 11.3 Å². The number of carbonyl (C=O) groups is 9. The monoisotopic (exact) mass is 1840 g/mol. The van der Waals surface area contributed by atoms with Gasteiger partial charge in [0.25, 0.3) is 41.4 Å². The number of benzene rings is 5. The number of amides is 8. The number of ether oxygens (including phenoxy) is 3. The Bertz CT molecular complexity index is 5230. The molecule has 0 unspecified atom stereocenters. The number of fused-ring (bicyclic) bond motifs is 3. The van der Waals surface area contributed by atoms with Gasteiger partial charge < -0.3 is 34.4 Å². The maximum absolute atomic E-state index is 13.1. The Labute approximate surface area is 719 Å². The maximum Gasteiger partial charge on any atom is 0.410 e. The van der Waals surface area contributed by atoms with Crippen LogP contribution in [0.2, 0.25) is 0 Å². The highest BCUT2D eigenvalue weighted by Gasteiger charge is 2.38. The van der Waals surface area contributed by atoms with E-state index in [2.05, 4.69) is 105 Å². The standard InChI is InChI=1S/C28H28BrN5O4.C25H30BrN5O4.C20H22BrN5O2.C8H8O3.C2H3N.CH2Cl2/c1-17-18(2)27(36)34(26(17)35)31-25-14-19(21-9-8-20(29)15-23(21)30-25)16-32-10-12-33(13-11-32)28(37)22-6-4-5-7-24(22)38-3;1-15-16(2)23(33)31(22(15)32)28-21-12-17(19-7-6-18(26)13-20(19)27-21)14-29-8-10-30(11-9-29)24(34)35-25(3,4)5;1-12-13(2)20(28)26(19(12)27)24-18-9-14(11-25-7-5-22-6-8-25)16-4-3-15(21)10-17(16)23-18;1-11-7-5-3-2-4-6(7)8(9)10;1-2-3;2-1-3/h4-9,14-15H,10-13,16H2,1-3H3,(H,30,31);6-7,12-13H,8-11,14H2,1-5H3,(H,27,28);3-4,9-10,22H,5-8,11H2,1-2H3,(H,23,24);2-5H,1H3,(H,9,10);1H3;1H2. The van der Waals surface area contributed by atoms with E-state index < -0.39 is 11.6 Å². The van der Waals surface area contributed by atoms with E-state index >= 15 is 0 Å². The summed E-state index contributed by atoms with van der Waals surface area (Å²) in [4.78, 5) is 135. The number of nitriles is 1. The van der Waals surface area contributed by atoms with Crippen LogP contribution in [0.15, 0.2) is 168 Å². The van der Waals surface area contributed by atoms with E-state index in [0.29, 0.717) is 133 Å². The number of imide groups is 3. The van der Waals surface area contributed by atoms with Crippen LogP contribution in [-0.4, -0.2) is 217 Å². The molecule has 0 aliphatic carbocycles. The molecule has 6 aliphatic heterocycles. The van der Waals surface area contributed by atoms with Gasteiger partial charge in [0.15, 0.2) is 0 Å². The highest BCUT2D eigenvalue weighted by Crippen LogP contribution is 2.33. The number of hydrogen-bond donors (Lipinski definition) is 5. The third-order valence-electron chi connectivity index (χ3n) is 19.8. The van der Waals surface area contributed by atoms with Gasteiger partial charge in [-0.1, -0.05) is 90.3 Å². The number of aromatic carboxylic acids is 1. The fourth-order valence-electron chi connectivity index (χ4n) is 13.2. The van der Waals surface area contributed by atoms with Crippen LogP contribution in [-0.2, 0) is 53.1 Å². The number of nitrogens with one attached hydrogen (secondary N) is 4. The molecule has 0 spiro atoms. The van der Waals surface area contributed by atoms with Crippen LogP contribution < -0.4 is 31.1 Å². The van der Waals surface area contributed by atoms with E-state index in [-0.39, 0.29) is 58.3 Å². The van der Waals surface area contributed by atoms with Crippen molar-refractivity contribution in [1.29, 1.82) is 5.26 Å². The van der Waals surface area contributed by atoms with Gasteiger partial charge in [0.1, 0.15) is 40.1 Å². The first kappa shape index (κ1) is 91.4. The first-order chi connectivity index (χ1) is 56.2. The molecule has 3 aromatic heterocycles. The summed E-state index contributed by atoms with van der Waals surface area (Å²) in [6.45, 7) is 28.0. The number of hydrogen-bond acceptors (Lipinski definition) is 23. The van der Waals surface area contributed by atoms with Crippen molar-refractivity contribution in [2.75, 3.05) is 114 Å². The van der Waals surface area contributed by atoms with Crippen LogP contribution in [0.3, 0.4) is 0 Å². The van der Waals surface area contributed by atoms with Crippen molar-refractivity contribution in [2.45, 2.75) is 94.5 Å².